The lowest BCUT2D eigenvalue weighted by Crippen LogP contribution is -2.66. The molecule has 0 atom stereocenters. The molecule has 0 N–H and O–H groups in total. The van der Waals surface area contributed by atoms with Crippen LogP contribution in [0.4, 0.5) is 4.39 Å². The SMILES string of the molecule is CC(C)(C)[Si](OCC(F)=CCOP(=O)(OCC1c2ccccc2-c2ccccc21)OCC1c2ccccc2-c2ccccc21)(c1ccccc1)c1ccccc1. The van der Waals surface area contributed by atoms with Gasteiger partial charge < -0.3 is 4.43 Å². The predicted molar refractivity (Wildman–Crippen MR) is 226 cm³/mol. The molecule has 0 aliphatic heterocycles. The normalized spacial score (nSPS) is 14.3. The Balaban J connectivity index is 1.04. The molecule has 0 saturated heterocycles. The minimum absolute atomic E-state index is 0.0618. The Morgan fingerprint density at radius 1 is 0.571 bits per heavy atom. The number of benzene rings is 6. The quantitative estimate of drug-likeness (QED) is 0.0814. The van der Waals surface area contributed by atoms with Gasteiger partial charge in [-0.05, 0) is 66.0 Å². The summed E-state index contributed by atoms with van der Waals surface area (Å²) in [5.41, 5.74) is 8.85. The molecule has 0 bridgehead atoms. The number of halogens is 1. The minimum atomic E-state index is -4.25. The van der Waals surface area contributed by atoms with Gasteiger partial charge in [-0.25, -0.2) is 8.96 Å². The van der Waals surface area contributed by atoms with Crippen molar-refractivity contribution < 1.29 is 27.0 Å². The standard InChI is InChI=1S/C48H46FO5PSi/c1-48(2,3)56(36-18-6-4-7-19-36,37-20-8-5-9-21-37)54-32-35(49)30-31-51-55(50,52-33-46-42-26-14-10-22-38(42)39-23-11-15-27-43(39)46)53-34-47-44-28-16-12-24-40(44)41-25-13-17-29-45(41)47/h4-30,46-47H,31-34H2,1-3H3. The first kappa shape index (κ1) is 38.2. The zero-order chi connectivity index (χ0) is 38.8. The molecule has 0 radical (unpaired) electrons. The second-order valence-electron chi connectivity index (χ2n) is 15.4. The maximum absolute atomic E-state index is 16.0. The first-order chi connectivity index (χ1) is 27.2. The second kappa shape index (κ2) is 16.0. The number of hydrogen-bond acceptors (Lipinski definition) is 5. The van der Waals surface area contributed by atoms with E-state index in [2.05, 4.69) is 93.6 Å². The monoisotopic (exact) mass is 780 g/mol. The molecule has 8 heteroatoms. The Bertz CT molecular complexity index is 2160. The molecular formula is C48H46FO5PSi. The van der Waals surface area contributed by atoms with Crippen molar-refractivity contribution in [2.45, 2.75) is 37.6 Å². The van der Waals surface area contributed by atoms with E-state index in [1.54, 1.807) is 0 Å². The summed E-state index contributed by atoms with van der Waals surface area (Å²) in [5.74, 6) is -0.882. The smallest absolute Gasteiger partial charge is 0.401 e. The van der Waals surface area contributed by atoms with Crippen LogP contribution in [0.25, 0.3) is 22.3 Å². The number of rotatable bonds is 14. The summed E-state index contributed by atoms with van der Waals surface area (Å²) in [6, 6.07) is 53.0. The van der Waals surface area contributed by atoms with Crippen LogP contribution in [0, 0.1) is 0 Å². The van der Waals surface area contributed by atoms with E-state index < -0.39 is 22.0 Å². The molecule has 0 unspecified atom stereocenters. The highest BCUT2D eigenvalue weighted by Gasteiger charge is 2.50. The van der Waals surface area contributed by atoms with Crippen molar-refractivity contribution in [3.63, 3.8) is 0 Å². The number of phosphoric ester groups is 1. The fourth-order valence-electron chi connectivity index (χ4n) is 8.54. The minimum Gasteiger partial charge on any atom is -0.401 e. The van der Waals surface area contributed by atoms with Crippen molar-refractivity contribution in [2.75, 3.05) is 26.4 Å². The Labute approximate surface area is 330 Å². The van der Waals surface area contributed by atoms with Crippen molar-refractivity contribution in [1.82, 2.24) is 0 Å². The lowest BCUT2D eigenvalue weighted by Gasteiger charge is -2.42. The van der Waals surface area contributed by atoms with Gasteiger partial charge in [-0.2, -0.15) is 0 Å². The molecule has 0 spiro atoms. The molecule has 5 nitrogen and oxygen atoms in total. The summed E-state index contributed by atoms with van der Waals surface area (Å²) in [4.78, 5) is 0. The van der Waals surface area contributed by atoms with Crippen molar-refractivity contribution in [3.05, 3.63) is 192 Å². The van der Waals surface area contributed by atoms with Gasteiger partial charge in [0.2, 0.25) is 0 Å². The van der Waals surface area contributed by atoms with Gasteiger partial charge in [-0.3, -0.25) is 13.6 Å². The van der Waals surface area contributed by atoms with E-state index in [-0.39, 0.29) is 43.3 Å². The number of fused-ring (bicyclic) bond motifs is 6. The average molecular weight is 781 g/mol. The van der Waals surface area contributed by atoms with Gasteiger partial charge in [0, 0.05) is 11.8 Å². The Morgan fingerprint density at radius 3 is 1.30 bits per heavy atom. The Hall–Kier alpha value is -4.72. The molecule has 0 fully saturated rings. The van der Waals surface area contributed by atoms with Crippen molar-refractivity contribution in [3.8, 4) is 22.3 Å². The van der Waals surface area contributed by atoms with Crippen LogP contribution in [0.3, 0.4) is 0 Å². The van der Waals surface area contributed by atoms with Crippen LogP contribution in [0.5, 0.6) is 0 Å². The number of hydrogen-bond donors (Lipinski definition) is 0. The maximum atomic E-state index is 16.0. The van der Waals surface area contributed by atoms with Gasteiger partial charge in [-0.1, -0.05) is 178 Å². The summed E-state index contributed by atoms with van der Waals surface area (Å²) in [7, 11) is -7.23. The van der Waals surface area contributed by atoms with Crippen molar-refractivity contribution in [2.24, 2.45) is 0 Å². The summed E-state index contributed by atoms with van der Waals surface area (Å²) in [6.07, 6.45) is 1.28. The topological polar surface area (TPSA) is 54.0 Å². The summed E-state index contributed by atoms with van der Waals surface area (Å²) in [6.45, 7) is 5.97. The number of phosphoric acid groups is 1. The van der Waals surface area contributed by atoms with Crippen LogP contribution in [0.2, 0.25) is 5.04 Å². The molecule has 8 rings (SSSR count). The summed E-state index contributed by atoms with van der Waals surface area (Å²) in [5, 5.41) is 1.79. The van der Waals surface area contributed by atoms with E-state index >= 15 is 4.39 Å². The van der Waals surface area contributed by atoms with E-state index in [1.165, 1.54) is 6.08 Å². The second-order valence-corrected chi connectivity index (χ2v) is 21.4. The van der Waals surface area contributed by atoms with Gasteiger partial charge in [0.15, 0.2) is 0 Å². The van der Waals surface area contributed by atoms with Gasteiger partial charge in [0.05, 0.1) is 26.4 Å². The maximum Gasteiger partial charge on any atom is 0.475 e. The molecule has 0 saturated carbocycles. The molecule has 284 valence electrons. The van der Waals surface area contributed by atoms with Crippen LogP contribution in [-0.2, 0) is 22.6 Å². The summed E-state index contributed by atoms with van der Waals surface area (Å²) < 4.78 is 56.0. The lowest BCUT2D eigenvalue weighted by atomic mass is 9.98. The van der Waals surface area contributed by atoms with E-state index in [0.29, 0.717) is 0 Å². The molecule has 0 amide bonds. The van der Waals surface area contributed by atoms with Crippen LogP contribution < -0.4 is 10.4 Å². The van der Waals surface area contributed by atoms with Crippen LogP contribution in [0.15, 0.2) is 170 Å². The van der Waals surface area contributed by atoms with Crippen LogP contribution in [0.1, 0.15) is 54.9 Å². The molecule has 56 heavy (non-hydrogen) atoms. The summed E-state index contributed by atoms with van der Waals surface area (Å²) >= 11 is 0. The van der Waals surface area contributed by atoms with E-state index in [9.17, 15) is 4.57 Å². The third-order valence-electron chi connectivity index (χ3n) is 11.1. The zero-order valence-corrected chi connectivity index (χ0v) is 33.8. The van der Waals surface area contributed by atoms with Gasteiger partial charge in [0.1, 0.15) is 5.83 Å². The zero-order valence-electron chi connectivity index (χ0n) is 31.9. The Kier molecular flexibility index (Phi) is 10.9. The fourth-order valence-corrected chi connectivity index (χ4v) is 14.2. The highest BCUT2D eigenvalue weighted by Crippen LogP contribution is 2.55. The third-order valence-corrected chi connectivity index (χ3v) is 17.5. The van der Waals surface area contributed by atoms with E-state index in [0.717, 1.165) is 54.9 Å². The van der Waals surface area contributed by atoms with Crippen molar-refractivity contribution >= 4 is 26.5 Å². The largest absolute Gasteiger partial charge is 0.475 e. The molecule has 0 heterocycles. The fraction of sp³-hybridized carbons (Fsp3) is 0.208. The van der Waals surface area contributed by atoms with Gasteiger partial charge >= 0.3 is 7.82 Å². The highest BCUT2D eigenvalue weighted by atomic mass is 31.2. The average Bonchev–Trinajstić information content (AvgIpc) is 3.72. The first-order valence-corrected chi connectivity index (χ1v) is 22.5. The van der Waals surface area contributed by atoms with Crippen LogP contribution >= 0.6 is 7.82 Å². The predicted octanol–water partition coefficient (Wildman–Crippen LogP) is 11.2. The molecule has 2 aliphatic rings. The van der Waals surface area contributed by atoms with Crippen molar-refractivity contribution in [1.29, 1.82) is 0 Å². The lowest BCUT2D eigenvalue weighted by molar-refractivity contribution is 0.116. The molecule has 6 aromatic carbocycles. The van der Waals surface area contributed by atoms with Gasteiger partial charge in [-0.15, -0.1) is 0 Å². The molecule has 0 aromatic heterocycles. The highest BCUT2D eigenvalue weighted by molar-refractivity contribution is 7.48. The van der Waals surface area contributed by atoms with E-state index in [4.69, 9.17) is 18.0 Å². The Morgan fingerprint density at radius 2 is 0.929 bits per heavy atom. The van der Waals surface area contributed by atoms with Crippen LogP contribution in [-0.4, -0.2) is 34.7 Å². The van der Waals surface area contributed by atoms with Gasteiger partial charge in [0.25, 0.3) is 8.32 Å². The third kappa shape index (κ3) is 7.32. The van der Waals surface area contributed by atoms with E-state index in [1.807, 2.05) is 84.9 Å². The molecular weight excluding hydrogens is 735 g/mol. The first-order valence-electron chi connectivity index (χ1n) is 19.2. The molecule has 2 aliphatic carbocycles. The molecule has 6 aromatic rings.